The van der Waals surface area contributed by atoms with Crippen molar-refractivity contribution in [3.63, 3.8) is 0 Å². The van der Waals surface area contributed by atoms with E-state index in [2.05, 4.69) is 15.6 Å². The minimum Gasteiger partial charge on any atom is -0.324 e. The van der Waals surface area contributed by atoms with Gasteiger partial charge in [0.2, 0.25) is 5.91 Å². The second-order valence-corrected chi connectivity index (χ2v) is 5.35. The monoisotopic (exact) mass is 269 g/mol. The zero-order chi connectivity index (χ0) is 13.8. The molecule has 1 atom stereocenters. The Morgan fingerprint density at radius 3 is 3.10 bits per heavy atom. The third-order valence-electron chi connectivity index (χ3n) is 3.78. The highest BCUT2D eigenvalue weighted by Gasteiger charge is 2.17. The molecule has 1 fully saturated rings. The lowest BCUT2D eigenvalue weighted by molar-refractivity contribution is -0.117. The van der Waals surface area contributed by atoms with Gasteiger partial charge >= 0.3 is 0 Å². The Morgan fingerprint density at radius 1 is 1.35 bits per heavy atom. The van der Waals surface area contributed by atoms with Crippen molar-refractivity contribution in [2.24, 2.45) is 5.92 Å². The molecule has 1 aliphatic rings. The van der Waals surface area contributed by atoms with Crippen LogP contribution < -0.4 is 10.6 Å². The largest absolute Gasteiger partial charge is 0.324 e. The van der Waals surface area contributed by atoms with Gasteiger partial charge in [-0.15, -0.1) is 0 Å². The number of amides is 1. The van der Waals surface area contributed by atoms with Gasteiger partial charge in [0, 0.05) is 18.0 Å². The molecule has 4 heteroatoms. The summed E-state index contributed by atoms with van der Waals surface area (Å²) in [6.45, 7) is 2.02. The second kappa shape index (κ2) is 6.01. The number of piperidine rings is 1. The van der Waals surface area contributed by atoms with Crippen molar-refractivity contribution >= 4 is 22.5 Å². The number of carbonyl (C=O) groups is 1. The Labute approximate surface area is 118 Å². The molecule has 1 aromatic heterocycles. The molecule has 1 aromatic carbocycles. The molecule has 0 saturated carbocycles. The zero-order valence-electron chi connectivity index (χ0n) is 11.4. The fourth-order valence-electron chi connectivity index (χ4n) is 2.77. The normalized spacial score (nSPS) is 18.9. The second-order valence-electron chi connectivity index (χ2n) is 5.35. The summed E-state index contributed by atoms with van der Waals surface area (Å²) in [5.74, 6) is 0.531. The molecule has 0 aliphatic carbocycles. The molecule has 3 rings (SSSR count). The molecule has 2 heterocycles. The number of hydrogen-bond acceptors (Lipinski definition) is 3. The topological polar surface area (TPSA) is 54.0 Å². The molecule has 20 heavy (non-hydrogen) atoms. The number of fused-ring (bicyclic) bond motifs is 1. The molecule has 0 bridgehead atoms. The predicted molar refractivity (Wildman–Crippen MR) is 80.6 cm³/mol. The summed E-state index contributed by atoms with van der Waals surface area (Å²) >= 11 is 0. The molecule has 1 saturated heterocycles. The Hall–Kier alpha value is -1.94. The van der Waals surface area contributed by atoms with Crippen LogP contribution in [-0.2, 0) is 4.79 Å². The lowest BCUT2D eigenvalue weighted by Crippen LogP contribution is -2.32. The molecule has 1 unspecified atom stereocenters. The molecule has 1 amide bonds. The van der Waals surface area contributed by atoms with Crippen molar-refractivity contribution < 1.29 is 4.79 Å². The quantitative estimate of drug-likeness (QED) is 0.900. The highest BCUT2D eigenvalue weighted by atomic mass is 16.1. The molecule has 2 N–H and O–H groups in total. The first-order chi connectivity index (χ1) is 9.83. The predicted octanol–water partition coefficient (Wildman–Crippen LogP) is 2.56. The third-order valence-corrected chi connectivity index (χ3v) is 3.78. The van der Waals surface area contributed by atoms with Gasteiger partial charge < -0.3 is 10.6 Å². The highest BCUT2D eigenvalue weighted by Crippen LogP contribution is 2.22. The molecule has 0 radical (unpaired) electrons. The molecular weight excluding hydrogens is 250 g/mol. The number of anilines is 1. The summed E-state index contributed by atoms with van der Waals surface area (Å²) < 4.78 is 0. The van der Waals surface area contributed by atoms with E-state index in [4.69, 9.17) is 0 Å². The number of rotatable bonds is 3. The Bertz CT molecular complexity index is 600. The molecule has 2 aromatic rings. The first-order valence-corrected chi connectivity index (χ1v) is 7.17. The van der Waals surface area contributed by atoms with E-state index in [0.29, 0.717) is 12.3 Å². The fraction of sp³-hybridized carbons (Fsp3) is 0.375. The summed E-state index contributed by atoms with van der Waals surface area (Å²) in [7, 11) is 0. The number of nitrogens with one attached hydrogen (secondary N) is 2. The molecule has 4 nitrogen and oxygen atoms in total. The van der Waals surface area contributed by atoms with Crippen LogP contribution in [0.15, 0.2) is 36.5 Å². The smallest absolute Gasteiger partial charge is 0.224 e. The average Bonchev–Trinajstić information content (AvgIpc) is 2.48. The van der Waals surface area contributed by atoms with Gasteiger partial charge in [0.05, 0.1) is 11.2 Å². The summed E-state index contributed by atoms with van der Waals surface area (Å²) in [4.78, 5) is 16.5. The summed E-state index contributed by atoms with van der Waals surface area (Å²) in [6.07, 6.45) is 4.63. The number of para-hydroxylation sites is 1. The molecular formula is C16H19N3O. The third kappa shape index (κ3) is 2.96. The van der Waals surface area contributed by atoms with Crippen LogP contribution in [0.1, 0.15) is 19.3 Å². The van der Waals surface area contributed by atoms with Crippen LogP contribution in [0.4, 0.5) is 5.69 Å². The first-order valence-electron chi connectivity index (χ1n) is 7.17. The van der Waals surface area contributed by atoms with Crippen LogP contribution in [0.3, 0.4) is 0 Å². The van der Waals surface area contributed by atoms with E-state index in [9.17, 15) is 4.79 Å². The lowest BCUT2D eigenvalue weighted by atomic mass is 9.96. The van der Waals surface area contributed by atoms with Crippen LogP contribution in [0.2, 0.25) is 0 Å². The van der Waals surface area contributed by atoms with E-state index < -0.39 is 0 Å². The van der Waals surface area contributed by atoms with Crippen LogP contribution in [0.25, 0.3) is 10.9 Å². The van der Waals surface area contributed by atoms with Crippen LogP contribution >= 0.6 is 0 Å². The van der Waals surface area contributed by atoms with E-state index in [-0.39, 0.29) is 5.91 Å². The van der Waals surface area contributed by atoms with Gasteiger partial charge in [-0.25, -0.2) is 0 Å². The maximum Gasteiger partial charge on any atom is 0.224 e. The van der Waals surface area contributed by atoms with Gasteiger partial charge in [-0.1, -0.05) is 18.2 Å². The minimum atomic E-state index is 0.0804. The van der Waals surface area contributed by atoms with Crippen LogP contribution in [-0.4, -0.2) is 24.0 Å². The summed E-state index contributed by atoms with van der Waals surface area (Å²) in [5, 5.41) is 7.39. The fourth-order valence-corrected chi connectivity index (χ4v) is 2.77. The SMILES string of the molecule is O=C(CC1CCCNC1)Nc1cccc2cccnc12. The number of hydrogen-bond donors (Lipinski definition) is 2. The van der Waals surface area contributed by atoms with Gasteiger partial charge in [0.15, 0.2) is 0 Å². The van der Waals surface area contributed by atoms with Crippen molar-refractivity contribution in [2.45, 2.75) is 19.3 Å². The first kappa shape index (κ1) is 13.1. The standard InChI is InChI=1S/C16H19N3O/c20-15(10-12-4-2-8-17-11-12)19-14-7-1-5-13-6-3-9-18-16(13)14/h1,3,5-7,9,12,17H,2,4,8,10-11H2,(H,19,20). The van der Waals surface area contributed by atoms with Gasteiger partial charge in [-0.05, 0) is 44.0 Å². The van der Waals surface area contributed by atoms with E-state index in [0.717, 1.165) is 42.5 Å². The number of pyridine rings is 1. The minimum absolute atomic E-state index is 0.0804. The van der Waals surface area contributed by atoms with Crippen LogP contribution in [0.5, 0.6) is 0 Å². The van der Waals surface area contributed by atoms with E-state index in [1.54, 1.807) is 6.20 Å². The molecule has 1 aliphatic heterocycles. The summed E-state index contributed by atoms with van der Waals surface area (Å²) in [6, 6.07) is 9.77. The van der Waals surface area contributed by atoms with Crippen molar-refractivity contribution in [3.05, 3.63) is 36.5 Å². The van der Waals surface area contributed by atoms with Crippen molar-refractivity contribution in [3.8, 4) is 0 Å². The van der Waals surface area contributed by atoms with Crippen molar-refractivity contribution in [1.82, 2.24) is 10.3 Å². The number of aromatic nitrogens is 1. The van der Waals surface area contributed by atoms with E-state index in [1.807, 2.05) is 30.3 Å². The van der Waals surface area contributed by atoms with Gasteiger partial charge in [-0.3, -0.25) is 9.78 Å². The number of nitrogens with zero attached hydrogens (tertiary/aromatic N) is 1. The summed E-state index contributed by atoms with van der Waals surface area (Å²) in [5.41, 5.74) is 1.65. The van der Waals surface area contributed by atoms with E-state index >= 15 is 0 Å². The Morgan fingerprint density at radius 2 is 2.25 bits per heavy atom. The van der Waals surface area contributed by atoms with Gasteiger partial charge in [-0.2, -0.15) is 0 Å². The van der Waals surface area contributed by atoms with Crippen molar-refractivity contribution in [1.29, 1.82) is 0 Å². The van der Waals surface area contributed by atoms with E-state index in [1.165, 1.54) is 0 Å². The Kier molecular flexibility index (Phi) is 3.92. The highest BCUT2D eigenvalue weighted by molar-refractivity contribution is 6.00. The average molecular weight is 269 g/mol. The molecule has 0 spiro atoms. The van der Waals surface area contributed by atoms with Crippen molar-refractivity contribution in [2.75, 3.05) is 18.4 Å². The van der Waals surface area contributed by atoms with Gasteiger partial charge in [0.25, 0.3) is 0 Å². The number of benzene rings is 1. The maximum atomic E-state index is 12.2. The zero-order valence-corrected chi connectivity index (χ0v) is 11.4. The lowest BCUT2D eigenvalue weighted by Gasteiger charge is -2.22. The van der Waals surface area contributed by atoms with Crippen LogP contribution in [0, 0.1) is 5.92 Å². The molecule has 104 valence electrons. The number of carbonyl (C=O) groups excluding carboxylic acids is 1. The Balaban J connectivity index is 1.71. The van der Waals surface area contributed by atoms with Gasteiger partial charge in [0.1, 0.15) is 0 Å². The maximum absolute atomic E-state index is 12.2.